The van der Waals surface area contributed by atoms with Gasteiger partial charge >= 0.3 is 0 Å². The van der Waals surface area contributed by atoms with E-state index >= 15 is 0 Å². The molecule has 6 heteroatoms. The molecule has 0 spiro atoms. The molecule has 0 saturated carbocycles. The first-order valence-corrected chi connectivity index (χ1v) is 9.00. The number of hydrogen-bond acceptors (Lipinski definition) is 3. The number of nitrogens with zero attached hydrogens (tertiary/aromatic N) is 1. The quantitative estimate of drug-likeness (QED) is 0.780. The molecule has 0 aliphatic rings. The minimum atomic E-state index is -0.304. The Kier molecular flexibility index (Phi) is 7.80. The lowest BCUT2D eigenvalue weighted by atomic mass is 9.87. The molecule has 0 heterocycles. The van der Waals surface area contributed by atoms with E-state index in [0.29, 0.717) is 12.1 Å². The smallest absolute Gasteiger partial charge is 0.251 e. The lowest BCUT2D eigenvalue weighted by Gasteiger charge is -2.21. The Morgan fingerprint density at radius 2 is 1.65 bits per heavy atom. The monoisotopic (exact) mass is 361 g/mol. The lowest BCUT2D eigenvalue weighted by Crippen LogP contribution is -2.46. The predicted molar refractivity (Wildman–Crippen MR) is 103 cm³/mol. The van der Waals surface area contributed by atoms with E-state index in [-0.39, 0.29) is 42.3 Å². The van der Waals surface area contributed by atoms with Crippen LogP contribution in [0, 0.1) is 0 Å². The molecule has 3 amide bonds. The van der Waals surface area contributed by atoms with Gasteiger partial charge < -0.3 is 15.5 Å². The molecular weight excluding hydrogens is 330 g/mol. The van der Waals surface area contributed by atoms with Crippen molar-refractivity contribution in [3.63, 3.8) is 0 Å². The summed E-state index contributed by atoms with van der Waals surface area (Å²) in [6.45, 7) is 12.1. The molecule has 0 saturated heterocycles. The van der Waals surface area contributed by atoms with Crippen LogP contribution in [0.4, 0.5) is 0 Å². The zero-order chi connectivity index (χ0) is 19.9. The predicted octanol–water partition coefficient (Wildman–Crippen LogP) is 2.09. The van der Waals surface area contributed by atoms with Crippen molar-refractivity contribution in [2.45, 2.75) is 53.0 Å². The first kappa shape index (κ1) is 21.7. The Hall–Kier alpha value is -2.37. The van der Waals surface area contributed by atoms with E-state index in [4.69, 9.17) is 0 Å². The molecule has 0 unspecified atom stereocenters. The molecule has 1 rings (SSSR count). The highest BCUT2D eigenvalue weighted by Crippen LogP contribution is 2.22. The van der Waals surface area contributed by atoms with E-state index in [1.165, 1.54) is 4.90 Å². The molecule has 0 aliphatic carbocycles. The Balaban J connectivity index is 2.59. The standard InChI is InChI=1S/C20H31N3O3/c1-7-23(13-17(24)22-14(2)3)18(25)12-21-19(26)15-8-10-16(11-9-15)20(4,5)6/h8-11,14H,7,12-13H2,1-6H3,(H,21,26)(H,22,24). The fourth-order valence-electron chi connectivity index (χ4n) is 2.41. The van der Waals surface area contributed by atoms with Crippen molar-refractivity contribution in [2.24, 2.45) is 0 Å². The largest absolute Gasteiger partial charge is 0.352 e. The number of benzene rings is 1. The van der Waals surface area contributed by atoms with Crippen LogP contribution in [0.3, 0.4) is 0 Å². The second-order valence-electron chi connectivity index (χ2n) is 7.64. The van der Waals surface area contributed by atoms with Crippen LogP contribution in [0.15, 0.2) is 24.3 Å². The first-order valence-electron chi connectivity index (χ1n) is 9.00. The summed E-state index contributed by atoms with van der Waals surface area (Å²) in [7, 11) is 0. The van der Waals surface area contributed by atoms with Crippen LogP contribution in [0.5, 0.6) is 0 Å². The van der Waals surface area contributed by atoms with E-state index in [1.54, 1.807) is 19.1 Å². The van der Waals surface area contributed by atoms with Crippen LogP contribution < -0.4 is 10.6 Å². The second kappa shape index (κ2) is 9.36. The van der Waals surface area contributed by atoms with Crippen LogP contribution in [-0.4, -0.2) is 48.3 Å². The average molecular weight is 361 g/mol. The Bertz CT molecular complexity index is 631. The van der Waals surface area contributed by atoms with E-state index in [1.807, 2.05) is 26.0 Å². The molecule has 1 aromatic rings. The maximum Gasteiger partial charge on any atom is 0.251 e. The van der Waals surface area contributed by atoms with Gasteiger partial charge in [-0.2, -0.15) is 0 Å². The molecule has 0 atom stereocenters. The molecule has 144 valence electrons. The summed E-state index contributed by atoms with van der Waals surface area (Å²) in [5.41, 5.74) is 1.66. The zero-order valence-corrected chi connectivity index (χ0v) is 16.7. The van der Waals surface area contributed by atoms with Crippen molar-refractivity contribution in [3.8, 4) is 0 Å². The van der Waals surface area contributed by atoms with Gasteiger partial charge in [0.1, 0.15) is 0 Å². The molecule has 0 radical (unpaired) electrons. The van der Waals surface area contributed by atoms with Gasteiger partial charge in [0.15, 0.2) is 0 Å². The van der Waals surface area contributed by atoms with Crippen molar-refractivity contribution in [1.29, 1.82) is 0 Å². The van der Waals surface area contributed by atoms with E-state index < -0.39 is 0 Å². The summed E-state index contributed by atoms with van der Waals surface area (Å²) < 4.78 is 0. The van der Waals surface area contributed by atoms with E-state index in [9.17, 15) is 14.4 Å². The summed E-state index contributed by atoms with van der Waals surface area (Å²) >= 11 is 0. The number of carbonyl (C=O) groups excluding carboxylic acids is 3. The third-order valence-corrected chi connectivity index (χ3v) is 3.93. The van der Waals surface area contributed by atoms with Crippen molar-refractivity contribution in [3.05, 3.63) is 35.4 Å². The summed E-state index contributed by atoms with van der Waals surface area (Å²) in [6, 6.07) is 7.38. The highest BCUT2D eigenvalue weighted by molar-refractivity contribution is 5.96. The molecule has 0 aliphatic heterocycles. The molecule has 0 fully saturated rings. The number of hydrogen-bond donors (Lipinski definition) is 2. The molecule has 6 nitrogen and oxygen atoms in total. The number of amides is 3. The normalized spacial score (nSPS) is 11.2. The molecule has 1 aromatic carbocycles. The molecule has 0 aromatic heterocycles. The maximum atomic E-state index is 12.2. The minimum absolute atomic E-state index is 0.0103. The van der Waals surface area contributed by atoms with Crippen molar-refractivity contribution < 1.29 is 14.4 Å². The van der Waals surface area contributed by atoms with Gasteiger partial charge in [-0.3, -0.25) is 14.4 Å². The fraction of sp³-hybridized carbons (Fsp3) is 0.550. The molecule has 0 bridgehead atoms. The fourth-order valence-corrected chi connectivity index (χ4v) is 2.41. The minimum Gasteiger partial charge on any atom is -0.352 e. The van der Waals surface area contributed by atoms with Gasteiger partial charge in [-0.05, 0) is 43.9 Å². The average Bonchev–Trinajstić information content (AvgIpc) is 2.55. The summed E-state index contributed by atoms with van der Waals surface area (Å²) in [4.78, 5) is 37.7. The van der Waals surface area contributed by atoms with Gasteiger partial charge in [0.25, 0.3) is 5.91 Å². The SMILES string of the molecule is CCN(CC(=O)NC(C)C)C(=O)CNC(=O)c1ccc(C(C)(C)C)cc1. The van der Waals surface area contributed by atoms with Crippen LogP contribution in [-0.2, 0) is 15.0 Å². The van der Waals surface area contributed by atoms with Crippen LogP contribution in [0.1, 0.15) is 57.5 Å². The van der Waals surface area contributed by atoms with Crippen LogP contribution in [0.25, 0.3) is 0 Å². The van der Waals surface area contributed by atoms with Crippen molar-refractivity contribution >= 4 is 17.7 Å². The molecular formula is C20H31N3O3. The van der Waals surface area contributed by atoms with Gasteiger partial charge in [0.05, 0.1) is 13.1 Å². The van der Waals surface area contributed by atoms with Gasteiger partial charge in [-0.1, -0.05) is 32.9 Å². The van der Waals surface area contributed by atoms with Crippen molar-refractivity contribution in [2.75, 3.05) is 19.6 Å². The second-order valence-corrected chi connectivity index (χ2v) is 7.64. The summed E-state index contributed by atoms with van der Waals surface area (Å²) in [6.07, 6.45) is 0. The highest BCUT2D eigenvalue weighted by Gasteiger charge is 2.18. The topological polar surface area (TPSA) is 78.5 Å². The highest BCUT2D eigenvalue weighted by atomic mass is 16.2. The Morgan fingerprint density at radius 1 is 1.08 bits per heavy atom. The lowest BCUT2D eigenvalue weighted by molar-refractivity contribution is -0.135. The van der Waals surface area contributed by atoms with Gasteiger partial charge in [-0.15, -0.1) is 0 Å². The van der Waals surface area contributed by atoms with E-state index in [0.717, 1.165) is 5.56 Å². The Labute approximate surface area is 156 Å². The molecule has 26 heavy (non-hydrogen) atoms. The number of nitrogens with one attached hydrogen (secondary N) is 2. The van der Waals surface area contributed by atoms with Gasteiger partial charge in [0, 0.05) is 18.2 Å². The molecule has 2 N–H and O–H groups in total. The summed E-state index contributed by atoms with van der Waals surface area (Å²) in [5.74, 6) is -0.799. The number of rotatable bonds is 7. The van der Waals surface area contributed by atoms with Crippen molar-refractivity contribution in [1.82, 2.24) is 15.5 Å². The van der Waals surface area contributed by atoms with Gasteiger partial charge in [0.2, 0.25) is 11.8 Å². The third-order valence-electron chi connectivity index (χ3n) is 3.93. The van der Waals surface area contributed by atoms with Gasteiger partial charge in [-0.25, -0.2) is 0 Å². The van der Waals surface area contributed by atoms with Crippen LogP contribution >= 0.6 is 0 Å². The first-order chi connectivity index (χ1) is 12.0. The number of carbonyl (C=O) groups is 3. The van der Waals surface area contributed by atoms with Crippen LogP contribution in [0.2, 0.25) is 0 Å². The zero-order valence-electron chi connectivity index (χ0n) is 16.7. The Morgan fingerprint density at radius 3 is 2.12 bits per heavy atom. The number of likely N-dealkylation sites (N-methyl/N-ethyl adjacent to an activating group) is 1. The summed E-state index contributed by atoms with van der Waals surface area (Å²) in [5, 5.41) is 5.37. The van der Waals surface area contributed by atoms with E-state index in [2.05, 4.69) is 31.4 Å². The third kappa shape index (κ3) is 6.86. The maximum absolute atomic E-state index is 12.2.